The molecule has 0 saturated heterocycles. The fraction of sp³-hybridized carbons (Fsp3) is 0.429. The summed E-state index contributed by atoms with van der Waals surface area (Å²) < 4.78 is 28.4. The summed E-state index contributed by atoms with van der Waals surface area (Å²) in [6.45, 7) is 2.34. The predicted molar refractivity (Wildman–Crippen MR) is 72.9 cm³/mol. The van der Waals surface area contributed by atoms with Crippen molar-refractivity contribution < 1.29 is 12.6 Å². The Hall–Kier alpha value is -1.13. The van der Waals surface area contributed by atoms with Gasteiger partial charge in [0.15, 0.2) is 0 Å². The second-order valence-electron chi connectivity index (χ2n) is 3.99. The molecule has 0 aromatic heterocycles. The minimum atomic E-state index is -3.59. The molecule has 0 saturated carbocycles. The van der Waals surface area contributed by atoms with Crippen LogP contribution in [0.1, 0.15) is 32.6 Å². The Bertz CT molecular complexity index is 449. The number of rotatable bonds is 8. The van der Waals surface area contributed by atoms with Crippen molar-refractivity contribution in [1.29, 1.82) is 0 Å². The molecule has 100 valence electrons. The predicted octanol–water partition coefficient (Wildman–Crippen LogP) is 3.53. The zero-order chi connectivity index (χ0) is 13.3. The average Bonchev–Trinajstić information content (AvgIpc) is 2.39. The molecule has 0 aliphatic heterocycles. The second kappa shape index (κ2) is 8.06. The lowest BCUT2D eigenvalue weighted by atomic mass is 10.2. The molecule has 3 nitrogen and oxygen atoms in total. The van der Waals surface area contributed by atoms with Gasteiger partial charge in [0.2, 0.25) is 0 Å². The van der Waals surface area contributed by atoms with E-state index in [0.717, 1.165) is 6.42 Å². The Morgan fingerprint density at radius 2 is 1.78 bits per heavy atom. The highest BCUT2D eigenvalue weighted by Gasteiger charge is 2.13. The molecule has 0 spiro atoms. The van der Waals surface area contributed by atoms with Gasteiger partial charge in [-0.3, -0.25) is 4.18 Å². The second-order valence-corrected chi connectivity index (χ2v) is 5.61. The smallest absolute Gasteiger partial charge is 0.266 e. The molecule has 0 aliphatic carbocycles. The molecule has 18 heavy (non-hydrogen) atoms. The minimum Gasteiger partial charge on any atom is -0.266 e. The SMILES string of the molecule is CCCC/C=C\CCOS(=O)(=O)c1ccccc1. The maximum atomic E-state index is 11.7. The topological polar surface area (TPSA) is 43.4 Å². The Balaban J connectivity index is 2.33. The Morgan fingerprint density at radius 3 is 2.44 bits per heavy atom. The van der Waals surface area contributed by atoms with Gasteiger partial charge in [-0.15, -0.1) is 0 Å². The summed E-state index contributed by atoms with van der Waals surface area (Å²) in [7, 11) is -3.59. The van der Waals surface area contributed by atoms with E-state index < -0.39 is 10.1 Å². The van der Waals surface area contributed by atoms with Crippen LogP contribution in [0.25, 0.3) is 0 Å². The van der Waals surface area contributed by atoms with E-state index in [1.807, 2.05) is 6.08 Å². The largest absolute Gasteiger partial charge is 0.296 e. The highest BCUT2D eigenvalue weighted by atomic mass is 32.2. The lowest BCUT2D eigenvalue weighted by Gasteiger charge is -2.03. The van der Waals surface area contributed by atoms with E-state index >= 15 is 0 Å². The van der Waals surface area contributed by atoms with Crippen LogP contribution in [0.4, 0.5) is 0 Å². The van der Waals surface area contributed by atoms with Gasteiger partial charge in [0.25, 0.3) is 10.1 Å². The van der Waals surface area contributed by atoms with Crippen molar-refractivity contribution >= 4 is 10.1 Å². The number of unbranched alkanes of at least 4 members (excludes halogenated alkanes) is 2. The third-order valence-corrected chi connectivity index (χ3v) is 3.77. The van der Waals surface area contributed by atoms with Crippen LogP contribution in [0.2, 0.25) is 0 Å². The summed E-state index contributed by atoms with van der Waals surface area (Å²) >= 11 is 0. The fourth-order valence-electron chi connectivity index (χ4n) is 1.44. The average molecular weight is 268 g/mol. The first-order valence-corrected chi connectivity index (χ1v) is 7.67. The standard InChI is InChI=1S/C14H20O3S/c1-2-3-4-5-6-10-13-17-18(15,16)14-11-8-7-9-12-14/h5-9,11-12H,2-4,10,13H2,1H3/b6-5-. The summed E-state index contributed by atoms with van der Waals surface area (Å²) in [4.78, 5) is 0.208. The lowest BCUT2D eigenvalue weighted by molar-refractivity contribution is 0.324. The Kier molecular flexibility index (Phi) is 6.68. The zero-order valence-corrected chi connectivity index (χ0v) is 11.5. The van der Waals surface area contributed by atoms with E-state index in [1.54, 1.807) is 18.2 Å². The molecule has 4 heteroatoms. The number of hydrogen-bond acceptors (Lipinski definition) is 3. The van der Waals surface area contributed by atoms with Gasteiger partial charge in [-0.05, 0) is 25.0 Å². The van der Waals surface area contributed by atoms with E-state index in [0.29, 0.717) is 6.42 Å². The number of allylic oxidation sites excluding steroid dienone is 1. The molecule has 0 atom stereocenters. The van der Waals surface area contributed by atoms with Crippen LogP contribution in [0.15, 0.2) is 47.4 Å². The number of benzene rings is 1. The van der Waals surface area contributed by atoms with Gasteiger partial charge in [-0.25, -0.2) is 0 Å². The molecule has 0 fully saturated rings. The van der Waals surface area contributed by atoms with Gasteiger partial charge in [0.05, 0.1) is 11.5 Å². The van der Waals surface area contributed by atoms with E-state index in [1.165, 1.54) is 25.0 Å². The minimum absolute atomic E-state index is 0.194. The maximum Gasteiger partial charge on any atom is 0.296 e. The van der Waals surface area contributed by atoms with E-state index in [9.17, 15) is 8.42 Å². The first-order chi connectivity index (χ1) is 8.67. The Labute approximate surface area is 110 Å². The molecule has 0 amide bonds. The molecule has 0 aliphatic rings. The van der Waals surface area contributed by atoms with Crippen molar-refractivity contribution in [3.8, 4) is 0 Å². The summed E-state index contributed by atoms with van der Waals surface area (Å²) in [6, 6.07) is 8.20. The molecule has 0 unspecified atom stereocenters. The van der Waals surface area contributed by atoms with E-state index in [-0.39, 0.29) is 11.5 Å². The molecular formula is C14H20O3S. The first-order valence-electron chi connectivity index (χ1n) is 6.26. The zero-order valence-electron chi connectivity index (χ0n) is 10.7. The monoisotopic (exact) mass is 268 g/mol. The van der Waals surface area contributed by atoms with Crippen molar-refractivity contribution in [2.75, 3.05) is 6.61 Å². The van der Waals surface area contributed by atoms with Gasteiger partial charge in [0.1, 0.15) is 0 Å². The van der Waals surface area contributed by atoms with Crippen LogP contribution in [0.3, 0.4) is 0 Å². The van der Waals surface area contributed by atoms with Gasteiger partial charge in [-0.1, -0.05) is 50.1 Å². The van der Waals surface area contributed by atoms with Crippen molar-refractivity contribution in [1.82, 2.24) is 0 Å². The quantitative estimate of drug-likeness (QED) is 0.411. The molecule has 1 aromatic carbocycles. The van der Waals surface area contributed by atoms with E-state index in [4.69, 9.17) is 4.18 Å². The van der Waals surface area contributed by atoms with Gasteiger partial charge < -0.3 is 0 Å². The summed E-state index contributed by atoms with van der Waals surface area (Å²) in [5.41, 5.74) is 0. The number of hydrogen-bond donors (Lipinski definition) is 0. The van der Waals surface area contributed by atoms with Crippen molar-refractivity contribution in [3.05, 3.63) is 42.5 Å². The van der Waals surface area contributed by atoms with Crippen LogP contribution in [0.5, 0.6) is 0 Å². The van der Waals surface area contributed by atoms with Gasteiger partial charge in [-0.2, -0.15) is 8.42 Å². The summed E-state index contributed by atoms with van der Waals surface area (Å²) in [5, 5.41) is 0. The van der Waals surface area contributed by atoms with Gasteiger partial charge >= 0.3 is 0 Å². The maximum absolute atomic E-state index is 11.7. The summed E-state index contributed by atoms with van der Waals surface area (Å²) in [6.07, 6.45) is 8.04. The van der Waals surface area contributed by atoms with Crippen LogP contribution in [-0.2, 0) is 14.3 Å². The van der Waals surface area contributed by atoms with Crippen molar-refractivity contribution in [3.63, 3.8) is 0 Å². The van der Waals surface area contributed by atoms with Gasteiger partial charge in [0, 0.05) is 0 Å². The van der Waals surface area contributed by atoms with Crippen molar-refractivity contribution in [2.24, 2.45) is 0 Å². The third-order valence-electron chi connectivity index (χ3n) is 2.45. The first kappa shape index (κ1) is 14.9. The van der Waals surface area contributed by atoms with Crippen LogP contribution < -0.4 is 0 Å². The van der Waals surface area contributed by atoms with Crippen LogP contribution >= 0.6 is 0 Å². The van der Waals surface area contributed by atoms with E-state index in [2.05, 4.69) is 13.0 Å². The normalized spacial score (nSPS) is 12.1. The lowest BCUT2D eigenvalue weighted by Crippen LogP contribution is -2.06. The van der Waals surface area contributed by atoms with Crippen LogP contribution in [-0.4, -0.2) is 15.0 Å². The molecule has 0 bridgehead atoms. The van der Waals surface area contributed by atoms with Crippen LogP contribution in [0, 0.1) is 0 Å². The summed E-state index contributed by atoms with van der Waals surface area (Å²) in [5.74, 6) is 0. The molecular weight excluding hydrogens is 248 g/mol. The molecule has 0 radical (unpaired) electrons. The molecule has 1 aromatic rings. The highest BCUT2D eigenvalue weighted by molar-refractivity contribution is 7.86. The fourth-order valence-corrected chi connectivity index (χ4v) is 2.38. The molecule has 0 heterocycles. The Morgan fingerprint density at radius 1 is 1.11 bits per heavy atom. The van der Waals surface area contributed by atoms with Crippen molar-refractivity contribution in [2.45, 2.75) is 37.5 Å². The molecule has 0 N–H and O–H groups in total. The third kappa shape index (κ3) is 5.47. The highest BCUT2D eigenvalue weighted by Crippen LogP contribution is 2.11. The molecule has 1 rings (SSSR count).